The Labute approximate surface area is 113 Å². The van der Waals surface area contributed by atoms with E-state index in [9.17, 15) is 14.9 Å². The summed E-state index contributed by atoms with van der Waals surface area (Å²) < 4.78 is 0. The fraction of sp³-hybridized carbons (Fsp3) is 0.600. The fourth-order valence-electron chi connectivity index (χ4n) is 2.03. The normalized spacial score (nSPS) is 16.1. The van der Waals surface area contributed by atoms with E-state index in [1.54, 1.807) is 0 Å². The minimum Gasteiger partial charge on any atom is -0.334 e. The van der Waals surface area contributed by atoms with Crippen molar-refractivity contribution in [1.82, 2.24) is 10.3 Å². The average molecular weight is 285 g/mol. The van der Waals surface area contributed by atoms with E-state index in [4.69, 9.17) is 5.84 Å². The number of aromatic nitrogens is 1. The van der Waals surface area contributed by atoms with Gasteiger partial charge in [-0.05, 0) is 24.2 Å². The van der Waals surface area contributed by atoms with Crippen LogP contribution in [0.3, 0.4) is 0 Å². The van der Waals surface area contributed by atoms with Gasteiger partial charge in [-0.15, -0.1) is 0 Å². The summed E-state index contributed by atoms with van der Waals surface area (Å²) in [5.41, 5.74) is 0. The van der Waals surface area contributed by atoms with Gasteiger partial charge in [0.05, 0.1) is 4.92 Å². The molecule has 19 heavy (non-hydrogen) atoms. The Kier molecular flexibility index (Phi) is 4.27. The molecule has 1 saturated carbocycles. The third-order valence-corrected chi connectivity index (χ3v) is 3.97. The molecule has 1 aromatic rings. The molecule has 1 heterocycles. The zero-order valence-electron chi connectivity index (χ0n) is 10.2. The van der Waals surface area contributed by atoms with E-state index >= 15 is 0 Å². The van der Waals surface area contributed by atoms with Gasteiger partial charge in [0.1, 0.15) is 6.20 Å². The van der Waals surface area contributed by atoms with Crippen LogP contribution in [0.4, 0.5) is 14.9 Å². The second-order valence-corrected chi connectivity index (χ2v) is 5.38. The Morgan fingerprint density at radius 1 is 1.53 bits per heavy atom. The molecule has 0 unspecified atom stereocenters. The summed E-state index contributed by atoms with van der Waals surface area (Å²) in [5.74, 6) is 5.62. The largest absolute Gasteiger partial charge is 0.345 e. The first-order valence-corrected chi connectivity index (χ1v) is 6.85. The molecule has 1 fully saturated rings. The van der Waals surface area contributed by atoms with Gasteiger partial charge < -0.3 is 5.32 Å². The van der Waals surface area contributed by atoms with Crippen LogP contribution in [0.15, 0.2) is 6.20 Å². The fourth-order valence-corrected chi connectivity index (χ4v) is 2.68. The summed E-state index contributed by atoms with van der Waals surface area (Å²) in [7, 11) is 0. The van der Waals surface area contributed by atoms with E-state index in [1.807, 2.05) is 0 Å². The molecular weight excluding hydrogens is 270 g/mol. The quantitative estimate of drug-likeness (QED) is 0.380. The van der Waals surface area contributed by atoms with E-state index < -0.39 is 11.0 Å². The summed E-state index contributed by atoms with van der Waals surface area (Å²) in [4.78, 5) is 25.6. The van der Waals surface area contributed by atoms with Crippen molar-refractivity contribution in [2.24, 2.45) is 5.84 Å². The molecule has 0 aliphatic heterocycles. The lowest BCUT2D eigenvalue weighted by atomic mass is 9.96. The zero-order chi connectivity index (χ0) is 13.8. The molecule has 104 valence electrons. The van der Waals surface area contributed by atoms with Crippen LogP contribution in [0.2, 0.25) is 0 Å². The molecule has 1 aliphatic carbocycles. The maximum absolute atomic E-state index is 11.9. The van der Waals surface area contributed by atoms with Crippen molar-refractivity contribution in [1.29, 1.82) is 0 Å². The lowest BCUT2D eigenvalue weighted by Gasteiger charge is -2.24. The molecular formula is C10H15N5O3S. The van der Waals surface area contributed by atoms with Crippen LogP contribution < -0.4 is 16.2 Å². The summed E-state index contributed by atoms with van der Waals surface area (Å²) in [6, 6.07) is -0.349. The van der Waals surface area contributed by atoms with Crippen LogP contribution in [0.25, 0.3) is 0 Å². The van der Waals surface area contributed by atoms with Crippen molar-refractivity contribution in [2.75, 3.05) is 5.01 Å². The number of hydrazine groups is 1. The Balaban J connectivity index is 1.95. The predicted octanol–water partition coefficient (Wildman–Crippen LogP) is 1.77. The number of nitrogens with zero attached hydrogens (tertiary/aromatic N) is 3. The van der Waals surface area contributed by atoms with Gasteiger partial charge in [0.15, 0.2) is 0 Å². The number of nitro groups is 1. The van der Waals surface area contributed by atoms with E-state index in [0.717, 1.165) is 48.2 Å². The summed E-state index contributed by atoms with van der Waals surface area (Å²) >= 11 is 0.769. The molecule has 9 heteroatoms. The summed E-state index contributed by atoms with van der Waals surface area (Å²) in [5, 5.41) is 14.1. The van der Waals surface area contributed by atoms with E-state index in [2.05, 4.69) is 10.3 Å². The highest BCUT2D eigenvalue weighted by Gasteiger charge is 2.22. The van der Waals surface area contributed by atoms with Crippen molar-refractivity contribution in [2.45, 2.75) is 38.1 Å². The molecule has 0 saturated heterocycles. The molecule has 0 atom stereocenters. The van der Waals surface area contributed by atoms with Gasteiger partial charge in [-0.25, -0.2) is 20.6 Å². The second-order valence-electron chi connectivity index (χ2n) is 4.39. The number of urea groups is 1. The number of nitrogens with two attached hydrogens (primary N) is 1. The molecule has 0 radical (unpaired) electrons. The number of hydrogen-bond acceptors (Lipinski definition) is 6. The van der Waals surface area contributed by atoms with Crippen molar-refractivity contribution < 1.29 is 9.72 Å². The molecule has 2 rings (SSSR count). The van der Waals surface area contributed by atoms with E-state index in [-0.39, 0.29) is 16.2 Å². The number of nitrogens with one attached hydrogen (secondary N) is 1. The topological polar surface area (TPSA) is 114 Å². The minimum absolute atomic E-state index is 0.111. The smallest absolute Gasteiger partial charge is 0.334 e. The number of hydrogen-bond donors (Lipinski definition) is 2. The number of amides is 2. The first-order chi connectivity index (χ1) is 9.08. The molecule has 1 aliphatic rings. The van der Waals surface area contributed by atoms with Crippen LogP contribution in [-0.4, -0.2) is 22.0 Å². The number of anilines is 1. The van der Waals surface area contributed by atoms with Gasteiger partial charge in [-0.1, -0.05) is 19.3 Å². The Hall–Kier alpha value is -1.74. The molecule has 8 nitrogen and oxygen atoms in total. The van der Waals surface area contributed by atoms with Gasteiger partial charge in [0.25, 0.3) is 0 Å². The Bertz CT molecular complexity index is 471. The van der Waals surface area contributed by atoms with Crippen LogP contribution in [-0.2, 0) is 0 Å². The zero-order valence-corrected chi connectivity index (χ0v) is 11.1. The van der Waals surface area contributed by atoms with Crippen molar-refractivity contribution in [3.05, 3.63) is 16.3 Å². The minimum atomic E-state index is -0.561. The third-order valence-electron chi connectivity index (χ3n) is 3.02. The highest BCUT2D eigenvalue weighted by molar-refractivity contribution is 7.18. The highest BCUT2D eigenvalue weighted by atomic mass is 32.1. The van der Waals surface area contributed by atoms with Gasteiger partial charge >= 0.3 is 11.0 Å². The first kappa shape index (κ1) is 13.7. The molecule has 0 bridgehead atoms. The standard InChI is InChI=1S/C10H15N5O3S/c11-14(10-12-6-8(19-10)15(17)18)9(16)13-7-4-2-1-3-5-7/h6-7H,1-5,11H2,(H,13,16). The predicted molar refractivity (Wildman–Crippen MR) is 70.8 cm³/mol. The Morgan fingerprint density at radius 2 is 2.21 bits per heavy atom. The van der Waals surface area contributed by atoms with Crippen LogP contribution in [0, 0.1) is 10.1 Å². The molecule has 2 amide bonds. The number of carbonyl (C=O) groups is 1. The molecule has 3 N–H and O–H groups in total. The third kappa shape index (κ3) is 3.38. The SMILES string of the molecule is NN(C(=O)NC1CCCCC1)c1ncc([N+](=O)[O-])s1. The lowest BCUT2D eigenvalue weighted by molar-refractivity contribution is -0.380. The number of thiazole rings is 1. The summed E-state index contributed by atoms with van der Waals surface area (Å²) in [6.45, 7) is 0. The second kappa shape index (κ2) is 5.93. The molecule has 1 aromatic heterocycles. The van der Waals surface area contributed by atoms with Crippen LogP contribution >= 0.6 is 11.3 Å². The first-order valence-electron chi connectivity index (χ1n) is 6.03. The van der Waals surface area contributed by atoms with E-state index in [1.165, 1.54) is 6.42 Å². The average Bonchev–Trinajstić information content (AvgIpc) is 2.88. The Morgan fingerprint density at radius 3 is 2.79 bits per heavy atom. The van der Waals surface area contributed by atoms with E-state index in [0.29, 0.717) is 0 Å². The summed E-state index contributed by atoms with van der Waals surface area (Å²) in [6.07, 6.45) is 6.36. The highest BCUT2D eigenvalue weighted by Crippen LogP contribution is 2.27. The van der Waals surface area contributed by atoms with Gasteiger partial charge in [-0.3, -0.25) is 10.1 Å². The molecule has 0 aromatic carbocycles. The lowest BCUT2D eigenvalue weighted by Crippen LogP contribution is -2.49. The van der Waals surface area contributed by atoms with Crippen molar-refractivity contribution in [3.8, 4) is 0 Å². The number of carbonyl (C=O) groups excluding carboxylic acids is 1. The van der Waals surface area contributed by atoms with Crippen LogP contribution in [0.5, 0.6) is 0 Å². The van der Waals surface area contributed by atoms with Crippen LogP contribution in [0.1, 0.15) is 32.1 Å². The monoisotopic (exact) mass is 285 g/mol. The molecule has 0 spiro atoms. The maximum atomic E-state index is 11.9. The van der Waals surface area contributed by atoms with Crippen molar-refractivity contribution >= 4 is 27.5 Å². The maximum Gasteiger partial charge on any atom is 0.345 e. The van der Waals surface area contributed by atoms with Gasteiger partial charge in [0.2, 0.25) is 5.13 Å². The van der Waals surface area contributed by atoms with Crippen molar-refractivity contribution in [3.63, 3.8) is 0 Å². The van der Waals surface area contributed by atoms with Gasteiger partial charge in [-0.2, -0.15) is 0 Å². The van der Waals surface area contributed by atoms with Gasteiger partial charge in [0, 0.05) is 6.04 Å². The number of rotatable bonds is 3.